The van der Waals surface area contributed by atoms with Crippen LogP contribution in [0.2, 0.25) is 0 Å². The molecule has 13 heteroatoms. The second kappa shape index (κ2) is 12.3. The Morgan fingerprint density at radius 3 is 1.82 bits per heavy atom. The lowest BCUT2D eigenvalue weighted by molar-refractivity contribution is -0.190. The first-order valence-corrected chi connectivity index (χ1v) is 12.1. The van der Waals surface area contributed by atoms with Crippen molar-refractivity contribution in [1.82, 2.24) is 0 Å². The zero-order chi connectivity index (χ0) is 32.5. The summed E-state index contributed by atoms with van der Waals surface area (Å²) in [6.45, 7) is 4.07. The first-order valence-electron chi connectivity index (χ1n) is 12.1. The van der Waals surface area contributed by atoms with E-state index in [-0.39, 0.29) is 30.6 Å². The summed E-state index contributed by atoms with van der Waals surface area (Å²) >= 11 is 0. The second-order valence-electron chi connectivity index (χ2n) is 8.97. The molecule has 0 aliphatic rings. The summed E-state index contributed by atoms with van der Waals surface area (Å²) in [5.41, 5.74) is -6.20. The summed E-state index contributed by atoms with van der Waals surface area (Å²) in [4.78, 5) is 0. The molecule has 0 radical (unpaired) electrons. The molecule has 4 aromatic rings. The summed E-state index contributed by atoms with van der Waals surface area (Å²) in [7, 11) is 0. The maximum absolute atomic E-state index is 15.0. The van der Waals surface area contributed by atoms with Crippen molar-refractivity contribution in [3.8, 4) is 34.5 Å². The van der Waals surface area contributed by atoms with Crippen LogP contribution >= 0.6 is 0 Å². The highest BCUT2D eigenvalue weighted by atomic mass is 19.3. The fraction of sp³-hybridized carbons (Fsp3) is 0.0968. The Bertz CT molecular complexity index is 1790. The lowest BCUT2D eigenvalue weighted by Crippen LogP contribution is -2.26. The van der Waals surface area contributed by atoms with Crippen molar-refractivity contribution in [3.63, 3.8) is 0 Å². The van der Waals surface area contributed by atoms with Crippen LogP contribution in [0.3, 0.4) is 0 Å². The molecule has 4 aromatic carbocycles. The van der Waals surface area contributed by atoms with Crippen molar-refractivity contribution in [2.24, 2.45) is 0 Å². The van der Waals surface area contributed by atoms with Crippen molar-refractivity contribution >= 4 is 0 Å². The minimum absolute atomic E-state index is 0.118. The SMILES string of the molecule is C=CCOc1cc(F)c(-c2cc(F)c(C(F)(F)Oc3cc(F)c(C#Cc4cc(F)c(F)c(F)c4)c(F)c3C)c(F)c2)c(F)c1. The molecule has 0 aromatic heterocycles. The van der Waals surface area contributed by atoms with Gasteiger partial charge in [0.15, 0.2) is 17.5 Å². The average molecular weight is 628 g/mol. The van der Waals surface area contributed by atoms with Gasteiger partial charge in [-0.05, 0) is 36.8 Å². The van der Waals surface area contributed by atoms with Crippen LogP contribution in [0.25, 0.3) is 11.1 Å². The fourth-order valence-electron chi connectivity index (χ4n) is 3.93. The van der Waals surface area contributed by atoms with Gasteiger partial charge in [0.2, 0.25) is 0 Å². The first kappa shape index (κ1) is 31.9. The predicted octanol–water partition coefficient (Wildman–Crippen LogP) is 9.01. The molecule has 0 aliphatic heterocycles. The van der Waals surface area contributed by atoms with E-state index in [1.807, 2.05) is 11.8 Å². The summed E-state index contributed by atoms with van der Waals surface area (Å²) in [6.07, 6.45) is -3.64. The van der Waals surface area contributed by atoms with E-state index >= 15 is 0 Å². The number of benzene rings is 4. The molecule has 2 nitrogen and oxygen atoms in total. The van der Waals surface area contributed by atoms with E-state index in [9.17, 15) is 48.3 Å². The van der Waals surface area contributed by atoms with E-state index in [1.54, 1.807) is 0 Å². The molecule has 0 fully saturated rings. The maximum atomic E-state index is 15.0. The Balaban J connectivity index is 1.67. The number of ether oxygens (including phenoxy) is 2. The third-order valence-corrected chi connectivity index (χ3v) is 5.97. The van der Waals surface area contributed by atoms with Crippen molar-refractivity contribution in [2.75, 3.05) is 6.61 Å². The van der Waals surface area contributed by atoms with Gasteiger partial charge in [0, 0.05) is 29.3 Å². The molecule has 0 amide bonds. The van der Waals surface area contributed by atoms with Crippen LogP contribution in [0.4, 0.5) is 48.3 Å². The van der Waals surface area contributed by atoms with Crippen molar-refractivity contribution in [3.05, 3.63) is 130 Å². The molecule has 0 unspecified atom stereocenters. The molecule has 0 N–H and O–H groups in total. The Hall–Kier alpha value is -4.99. The van der Waals surface area contributed by atoms with Gasteiger partial charge in [-0.1, -0.05) is 24.5 Å². The highest BCUT2D eigenvalue weighted by Crippen LogP contribution is 2.40. The smallest absolute Gasteiger partial charge is 0.432 e. The highest BCUT2D eigenvalue weighted by molar-refractivity contribution is 5.67. The van der Waals surface area contributed by atoms with Gasteiger partial charge in [-0.15, -0.1) is 0 Å². The summed E-state index contributed by atoms with van der Waals surface area (Å²) < 4.78 is 168. The number of rotatable bonds is 7. The van der Waals surface area contributed by atoms with Gasteiger partial charge in [0.25, 0.3) is 0 Å². The van der Waals surface area contributed by atoms with Crippen LogP contribution in [-0.4, -0.2) is 6.61 Å². The molecular weight excluding hydrogens is 613 g/mol. The second-order valence-corrected chi connectivity index (χ2v) is 8.97. The van der Waals surface area contributed by atoms with Gasteiger partial charge in [-0.25, -0.2) is 39.5 Å². The molecular formula is C31H15F11O2. The van der Waals surface area contributed by atoms with Gasteiger partial charge in [-0.2, -0.15) is 8.78 Å². The molecule has 0 atom stereocenters. The van der Waals surface area contributed by atoms with E-state index in [0.717, 1.165) is 6.92 Å². The quantitative estimate of drug-likeness (QED) is 0.0881. The number of halogens is 11. The third-order valence-electron chi connectivity index (χ3n) is 5.97. The monoisotopic (exact) mass is 628 g/mol. The lowest BCUT2D eigenvalue weighted by Gasteiger charge is -2.21. The van der Waals surface area contributed by atoms with Gasteiger partial charge < -0.3 is 9.47 Å². The predicted molar refractivity (Wildman–Crippen MR) is 135 cm³/mol. The van der Waals surface area contributed by atoms with Crippen LogP contribution in [0, 0.1) is 71.1 Å². The van der Waals surface area contributed by atoms with E-state index in [2.05, 4.69) is 11.3 Å². The maximum Gasteiger partial charge on any atom is 0.432 e. The standard InChI is InChI=1S/C31H15F11O2/c1-3-6-43-17-11-20(33)27(21(34)12-17)16-9-22(35)28(23(36)10-16)31(41,42)44-26-13-19(32)18(29(39)14(26)2)5-4-15-7-24(37)30(40)25(38)8-15/h3,7-13H,1,6H2,2H3. The summed E-state index contributed by atoms with van der Waals surface area (Å²) in [5, 5.41) is 0. The highest BCUT2D eigenvalue weighted by Gasteiger charge is 2.42. The molecule has 0 bridgehead atoms. The number of hydrogen-bond donors (Lipinski definition) is 0. The van der Waals surface area contributed by atoms with E-state index in [0.29, 0.717) is 24.3 Å². The third kappa shape index (κ3) is 6.34. The first-order chi connectivity index (χ1) is 20.6. The molecule has 4 rings (SSSR count). The largest absolute Gasteiger partial charge is 0.489 e. The topological polar surface area (TPSA) is 18.5 Å². The van der Waals surface area contributed by atoms with Crippen LogP contribution < -0.4 is 9.47 Å². The minimum Gasteiger partial charge on any atom is -0.489 e. The van der Waals surface area contributed by atoms with Gasteiger partial charge in [0.1, 0.15) is 58.6 Å². The minimum atomic E-state index is -4.92. The Morgan fingerprint density at radius 2 is 1.27 bits per heavy atom. The van der Waals surface area contributed by atoms with Crippen molar-refractivity contribution in [1.29, 1.82) is 0 Å². The van der Waals surface area contributed by atoms with Crippen molar-refractivity contribution < 1.29 is 57.8 Å². The average Bonchev–Trinajstić information content (AvgIpc) is 2.92. The van der Waals surface area contributed by atoms with Crippen LogP contribution in [0.5, 0.6) is 11.5 Å². The molecule has 0 saturated carbocycles. The number of alkyl halides is 2. The van der Waals surface area contributed by atoms with Crippen LogP contribution in [0.15, 0.2) is 55.1 Å². The molecule has 0 saturated heterocycles. The molecule has 0 aliphatic carbocycles. The fourth-order valence-corrected chi connectivity index (χ4v) is 3.93. The lowest BCUT2D eigenvalue weighted by atomic mass is 10.0. The zero-order valence-corrected chi connectivity index (χ0v) is 22.0. The van der Waals surface area contributed by atoms with Gasteiger partial charge in [0.05, 0.1) is 11.1 Å². The van der Waals surface area contributed by atoms with E-state index in [1.165, 1.54) is 6.08 Å². The number of hydrogen-bond acceptors (Lipinski definition) is 2. The Kier molecular flexibility index (Phi) is 8.94. The Morgan fingerprint density at radius 1 is 0.705 bits per heavy atom. The van der Waals surface area contributed by atoms with E-state index < -0.39 is 97.6 Å². The van der Waals surface area contributed by atoms with Crippen molar-refractivity contribution in [2.45, 2.75) is 13.0 Å². The molecule has 44 heavy (non-hydrogen) atoms. The van der Waals surface area contributed by atoms with Crippen LogP contribution in [-0.2, 0) is 6.11 Å². The Labute approximate surface area is 242 Å². The summed E-state index contributed by atoms with van der Waals surface area (Å²) in [6, 6.07) is 2.89. The molecule has 0 heterocycles. The van der Waals surface area contributed by atoms with Crippen LogP contribution in [0.1, 0.15) is 22.3 Å². The molecule has 228 valence electrons. The van der Waals surface area contributed by atoms with Gasteiger partial charge in [-0.3, -0.25) is 0 Å². The zero-order valence-electron chi connectivity index (χ0n) is 22.0. The normalized spacial score (nSPS) is 11.2. The summed E-state index contributed by atoms with van der Waals surface area (Å²) in [5.74, 6) is -12.6. The van der Waals surface area contributed by atoms with Gasteiger partial charge >= 0.3 is 6.11 Å². The molecule has 0 spiro atoms. The van der Waals surface area contributed by atoms with E-state index in [4.69, 9.17) is 4.74 Å².